The van der Waals surface area contributed by atoms with Gasteiger partial charge in [-0.05, 0) is 29.8 Å². The summed E-state index contributed by atoms with van der Waals surface area (Å²) in [6, 6.07) is 15.2. The van der Waals surface area contributed by atoms with E-state index in [0.717, 1.165) is 20.8 Å². The van der Waals surface area contributed by atoms with Gasteiger partial charge in [0.25, 0.3) is 5.92 Å². The normalized spacial score (nSPS) is 17.1. The van der Waals surface area contributed by atoms with Crippen LogP contribution in [-0.4, -0.2) is 42.3 Å². The van der Waals surface area contributed by atoms with Crippen molar-refractivity contribution >= 4 is 27.0 Å². The maximum Gasteiger partial charge on any atom is 0.326 e. The predicted molar refractivity (Wildman–Crippen MR) is 109 cm³/mol. The van der Waals surface area contributed by atoms with Crippen molar-refractivity contribution in [1.29, 1.82) is 0 Å². The van der Waals surface area contributed by atoms with Crippen LogP contribution in [0.25, 0.3) is 10.9 Å². The van der Waals surface area contributed by atoms with E-state index in [1.807, 2.05) is 30.3 Å². The van der Waals surface area contributed by atoms with Gasteiger partial charge in [-0.2, -0.15) is 4.31 Å². The van der Waals surface area contributed by atoms with Crippen LogP contribution < -0.4 is 5.32 Å². The van der Waals surface area contributed by atoms with Crippen LogP contribution in [0.15, 0.2) is 65.7 Å². The van der Waals surface area contributed by atoms with Crippen LogP contribution in [-0.2, 0) is 16.6 Å². The Morgan fingerprint density at radius 1 is 1.00 bits per heavy atom. The number of nitrogens with one attached hydrogen (secondary N) is 1. The fourth-order valence-electron chi connectivity index (χ4n) is 3.50. The lowest BCUT2D eigenvalue weighted by Gasteiger charge is -2.30. The van der Waals surface area contributed by atoms with Gasteiger partial charge in [-0.25, -0.2) is 22.0 Å². The fraction of sp³-hybridized carbons (Fsp3) is 0.286. The molecule has 0 atom stereocenters. The second-order valence-electron chi connectivity index (χ2n) is 7.31. The molecule has 9 heteroatoms. The van der Waals surface area contributed by atoms with E-state index in [-0.39, 0.29) is 30.6 Å². The fourth-order valence-corrected chi connectivity index (χ4v) is 4.95. The van der Waals surface area contributed by atoms with E-state index in [1.54, 1.807) is 18.3 Å². The first-order valence-corrected chi connectivity index (χ1v) is 11.0. The molecule has 4 rings (SSSR count). The summed E-state index contributed by atoms with van der Waals surface area (Å²) in [5.74, 6) is -2.81. The van der Waals surface area contributed by atoms with Crippen LogP contribution in [0.2, 0.25) is 0 Å². The summed E-state index contributed by atoms with van der Waals surface area (Å²) in [5.41, 5.74) is 1.52. The number of benzene rings is 2. The molecule has 1 aliphatic rings. The number of hydrogen-bond donors (Lipinski definition) is 1. The van der Waals surface area contributed by atoms with E-state index in [2.05, 4.69) is 5.32 Å². The summed E-state index contributed by atoms with van der Waals surface area (Å²) >= 11 is 0. The third-order valence-electron chi connectivity index (χ3n) is 5.28. The third kappa shape index (κ3) is 4.08. The SMILES string of the molecule is O=C(NCc1ccc(S(=O)(=O)N2CCC(F)(F)CC2)cc1)n1ccc2ccccc21. The minimum Gasteiger partial charge on any atom is -0.333 e. The zero-order valence-electron chi connectivity index (χ0n) is 16.1. The van der Waals surface area contributed by atoms with Gasteiger partial charge < -0.3 is 5.32 Å². The number of alkyl halides is 2. The number of para-hydroxylation sites is 1. The highest BCUT2D eigenvalue weighted by atomic mass is 32.2. The zero-order valence-corrected chi connectivity index (χ0v) is 16.9. The highest BCUT2D eigenvalue weighted by molar-refractivity contribution is 7.89. The Labute approximate surface area is 173 Å². The van der Waals surface area contributed by atoms with Gasteiger partial charge in [0.2, 0.25) is 10.0 Å². The molecule has 1 aliphatic heterocycles. The Morgan fingerprint density at radius 2 is 1.67 bits per heavy atom. The molecule has 0 aliphatic carbocycles. The van der Waals surface area contributed by atoms with E-state index >= 15 is 0 Å². The number of hydrogen-bond acceptors (Lipinski definition) is 3. The van der Waals surface area contributed by atoms with E-state index < -0.39 is 28.8 Å². The van der Waals surface area contributed by atoms with Gasteiger partial charge in [0.05, 0.1) is 10.4 Å². The first-order chi connectivity index (χ1) is 14.3. The van der Waals surface area contributed by atoms with Gasteiger partial charge in [0.1, 0.15) is 0 Å². The highest BCUT2D eigenvalue weighted by Crippen LogP contribution is 2.30. The summed E-state index contributed by atoms with van der Waals surface area (Å²) in [7, 11) is -3.81. The van der Waals surface area contributed by atoms with Crippen molar-refractivity contribution in [3.8, 4) is 0 Å². The summed E-state index contributed by atoms with van der Waals surface area (Å²) in [4.78, 5) is 12.5. The van der Waals surface area contributed by atoms with E-state index in [4.69, 9.17) is 0 Å². The molecule has 0 unspecified atom stereocenters. The molecule has 0 bridgehead atoms. The van der Waals surface area contributed by atoms with Gasteiger partial charge in [-0.3, -0.25) is 4.57 Å². The van der Waals surface area contributed by atoms with Crippen LogP contribution in [0.4, 0.5) is 13.6 Å². The molecular formula is C21H21F2N3O3S. The molecular weight excluding hydrogens is 412 g/mol. The van der Waals surface area contributed by atoms with Gasteiger partial charge >= 0.3 is 6.03 Å². The van der Waals surface area contributed by atoms with Crippen LogP contribution in [0.5, 0.6) is 0 Å². The van der Waals surface area contributed by atoms with Crippen molar-refractivity contribution in [2.45, 2.75) is 30.2 Å². The molecule has 6 nitrogen and oxygen atoms in total. The number of rotatable bonds is 4. The number of sulfonamides is 1. The van der Waals surface area contributed by atoms with Crippen molar-refractivity contribution < 1.29 is 22.0 Å². The number of amides is 1. The largest absolute Gasteiger partial charge is 0.333 e. The van der Waals surface area contributed by atoms with Crippen molar-refractivity contribution in [2.24, 2.45) is 0 Å². The Hall–Kier alpha value is -2.78. The van der Waals surface area contributed by atoms with Crippen LogP contribution in [0.3, 0.4) is 0 Å². The van der Waals surface area contributed by atoms with Gasteiger partial charge in [0, 0.05) is 44.1 Å². The third-order valence-corrected chi connectivity index (χ3v) is 7.19. The minimum absolute atomic E-state index is 0.0548. The van der Waals surface area contributed by atoms with Crippen LogP contribution >= 0.6 is 0 Å². The number of carbonyl (C=O) groups is 1. The Balaban J connectivity index is 1.41. The lowest BCUT2D eigenvalue weighted by molar-refractivity contribution is -0.0412. The molecule has 1 aromatic heterocycles. The average molecular weight is 433 g/mol. The molecule has 0 spiro atoms. The average Bonchev–Trinajstić information content (AvgIpc) is 3.16. The van der Waals surface area contributed by atoms with Crippen molar-refractivity contribution in [1.82, 2.24) is 14.2 Å². The molecule has 0 radical (unpaired) electrons. The minimum atomic E-state index is -3.81. The molecule has 0 saturated carbocycles. The molecule has 1 fully saturated rings. The van der Waals surface area contributed by atoms with Gasteiger partial charge in [-0.15, -0.1) is 0 Å². The number of nitrogens with zero attached hydrogens (tertiary/aromatic N) is 2. The topological polar surface area (TPSA) is 71.4 Å². The lowest BCUT2D eigenvalue weighted by Crippen LogP contribution is -2.42. The summed E-state index contributed by atoms with van der Waals surface area (Å²) < 4.78 is 54.5. The smallest absolute Gasteiger partial charge is 0.326 e. The molecule has 30 heavy (non-hydrogen) atoms. The number of fused-ring (bicyclic) bond motifs is 1. The van der Waals surface area contributed by atoms with Gasteiger partial charge in [-0.1, -0.05) is 30.3 Å². The number of halogens is 2. The number of piperidine rings is 1. The second kappa shape index (κ2) is 7.81. The van der Waals surface area contributed by atoms with Crippen molar-refractivity contribution in [3.05, 3.63) is 66.4 Å². The first-order valence-electron chi connectivity index (χ1n) is 9.57. The number of aromatic nitrogens is 1. The predicted octanol–water partition coefficient (Wildman–Crippen LogP) is 3.82. The molecule has 158 valence electrons. The second-order valence-corrected chi connectivity index (χ2v) is 9.25. The maximum atomic E-state index is 13.3. The van der Waals surface area contributed by atoms with Crippen LogP contribution in [0, 0.1) is 0 Å². The summed E-state index contributed by atoms with van der Waals surface area (Å²) in [5, 5.41) is 3.76. The van der Waals surface area contributed by atoms with Gasteiger partial charge in [0.15, 0.2) is 0 Å². The Morgan fingerprint density at radius 3 is 2.37 bits per heavy atom. The van der Waals surface area contributed by atoms with Crippen LogP contribution in [0.1, 0.15) is 18.4 Å². The number of carbonyl (C=O) groups excluding carboxylic acids is 1. The first kappa shape index (κ1) is 20.5. The summed E-state index contributed by atoms with van der Waals surface area (Å²) in [6.07, 6.45) is 0.757. The quantitative estimate of drug-likeness (QED) is 0.680. The molecule has 2 heterocycles. The molecule has 2 aromatic carbocycles. The molecule has 1 saturated heterocycles. The van der Waals surface area contributed by atoms with Crippen molar-refractivity contribution in [3.63, 3.8) is 0 Å². The summed E-state index contributed by atoms with van der Waals surface area (Å²) in [6.45, 7) is -0.169. The molecule has 1 N–H and O–H groups in total. The monoisotopic (exact) mass is 433 g/mol. The van der Waals surface area contributed by atoms with Crippen molar-refractivity contribution in [2.75, 3.05) is 13.1 Å². The zero-order chi connectivity index (χ0) is 21.4. The van der Waals surface area contributed by atoms with E-state index in [9.17, 15) is 22.0 Å². The maximum absolute atomic E-state index is 13.3. The Kier molecular flexibility index (Phi) is 5.33. The molecule has 3 aromatic rings. The lowest BCUT2D eigenvalue weighted by atomic mass is 10.1. The molecule has 1 amide bonds. The highest BCUT2D eigenvalue weighted by Gasteiger charge is 2.38. The Bertz CT molecular complexity index is 1160. The standard InChI is InChI=1S/C21H21F2N3O3S/c22-21(23)10-13-25(14-11-21)30(28,29)18-7-5-16(6-8-18)15-24-20(27)26-12-9-17-3-1-2-4-19(17)26/h1-9,12H,10-11,13-15H2,(H,24,27). The van der Waals surface area contributed by atoms with E-state index in [1.165, 1.54) is 16.7 Å². The van der Waals surface area contributed by atoms with E-state index in [0.29, 0.717) is 0 Å².